The number of nitrogens with one attached hydrogen (secondary N) is 1. The molecule has 1 fully saturated rings. The lowest BCUT2D eigenvalue weighted by Crippen LogP contribution is -2.42. The molecule has 1 saturated carbocycles. The molecular formula is C12H10Cl2FNO3. The van der Waals surface area contributed by atoms with Crippen LogP contribution in [-0.2, 0) is 4.79 Å². The largest absolute Gasteiger partial charge is 0.480 e. The predicted octanol–water partition coefficient (Wildman–Crippen LogP) is 2.73. The molecule has 1 aromatic rings. The molecular weight excluding hydrogens is 296 g/mol. The Kier molecular flexibility index (Phi) is 3.96. The maximum Gasteiger partial charge on any atom is 0.326 e. The maximum atomic E-state index is 13.3. The van der Waals surface area contributed by atoms with Crippen molar-refractivity contribution in [3.8, 4) is 0 Å². The zero-order valence-corrected chi connectivity index (χ0v) is 11.1. The van der Waals surface area contributed by atoms with Crippen LogP contribution in [0.2, 0.25) is 10.0 Å². The fourth-order valence-electron chi connectivity index (χ4n) is 1.73. The Labute approximate surface area is 118 Å². The van der Waals surface area contributed by atoms with Crippen molar-refractivity contribution in [3.05, 3.63) is 33.6 Å². The van der Waals surface area contributed by atoms with Crippen molar-refractivity contribution in [2.24, 2.45) is 5.92 Å². The van der Waals surface area contributed by atoms with E-state index in [1.165, 1.54) is 0 Å². The van der Waals surface area contributed by atoms with E-state index in [9.17, 15) is 14.0 Å². The highest BCUT2D eigenvalue weighted by Crippen LogP contribution is 2.33. The topological polar surface area (TPSA) is 66.4 Å². The molecule has 1 aromatic carbocycles. The van der Waals surface area contributed by atoms with Crippen LogP contribution in [0, 0.1) is 11.7 Å². The summed E-state index contributed by atoms with van der Waals surface area (Å²) in [4.78, 5) is 22.9. The molecule has 0 aromatic heterocycles. The summed E-state index contributed by atoms with van der Waals surface area (Å²) >= 11 is 11.3. The third-order valence-corrected chi connectivity index (χ3v) is 3.50. The van der Waals surface area contributed by atoms with Crippen LogP contribution in [-0.4, -0.2) is 23.0 Å². The average molecular weight is 306 g/mol. The van der Waals surface area contributed by atoms with E-state index in [0.717, 1.165) is 25.0 Å². The van der Waals surface area contributed by atoms with E-state index in [4.69, 9.17) is 28.3 Å². The second-order valence-corrected chi connectivity index (χ2v) is 5.19. The Hall–Kier alpha value is -1.33. The molecule has 1 unspecified atom stereocenters. The maximum absolute atomic E-state index is 13.3. The van der Waals surface area contributed by atoms with Gasteiger partial charge in [0.1, 0.15) is 11.9 Å². The molecule has 1 aliphatic carbocycles. The summed E-state index contributed by atoms with van der Waals surface area (Å²) in [6.07, 6.45) is 1.50. The van der Waals surface area contributed by atoms with Crippen LogP contribution in [0.1, 0.15) is 23.2 Å². The first-order chi connectivity index (χ1) is 8.90. The smallest absolute Gasteiger partial charge is 0.326 e. The lowest BCUT2D eigenvalue weighted by Gasteiger charge is -2.14. The third kappa shape index (κ3) is 3.16. The quantitative estimate of drug-likeness (QED) is 0.841. The number of carbonyl (C=O) groups is 2. The van der Waals surface area contributed by atoms with Crippen molar-refractivity contribution in [3.63, 3.8) is 0 Å². The van der Waals surface area contributed by atoms with Gasteiger partial charge in [0.25, 0.3) is 5.91 Å². The van der Waals surface area contributed by atoms with E-state index in [0.29, 0.717) is 0 Å². The number of carboxylic acids is 1. The van der Waals surface area contributed by atoms with Gasteiger partial charge in [0.05, 0.1) is 15.6 Å². The molecule has 0 radical (unpaired) electrons. The van der Waals surface area contributed by atoms with Gasteiger partial charge in [0, 0.05) is 0 Å². The summed E-state index contributed by atoms with van der Waals surface area (Å²) in [6.45, 7) is 0. The van der Waals surface area contributed by atoms with Gasteiger partial charge in [-0.1, -0.05) is 23.2 Å². The number of halogens is 3. The molecule has 1 aliphatic rings. The number of carboxylic acid groups (broad SMARTS) is 1. The highest BCUT2D eigenvalue weighted by Gasteiger charge is 2.37. The van der Waals surface area contributed by atoms with Crippen LogP contribution >= 0.6 is 23.2 Å². The molecule has 0 bridgehead atoms. The summed E-state index contributed by atoms with van der Waals surface area (Å²) in [5.41, 5.74) is -0.129. The SMILES string of the molecule is O=C(NC(C(=O)O)C1CC1)c1cc(F)c(Cl)cc1Cl. The van der Waals surface area contributed by atoms with E-state index < -0.39 is 23.7 Å². The highest BCUT2D eigenvalue weighted by molar-refractivity contribution is 6.36. The Morgan fingerprint density at radius 1 is 1.32 bits per heavy atom. The first-order valence-electron chi connectivity index (χ1n) is 5.58. The number of hydrogen-bond donors (Lipinski definition) is 2. The Morgan fingerprint density at radius 3 is 2.47 bits per heavy atom. The molecule has 0 saturated heterocycles. The van der Waals surface area contributed by atoms with Crippen molar-refractivity contribution in [2.75, 3.05) is 0 Å². The molecule has 0 spiro atoms. The fourth-order valence-corrected chi connectivity index (χ4v) is 2.20. The van der Waals surface area contributed by atoms with Crippen LogP contribution in [0.3, 0.4) is 0 Å². The molecule has 2 N–H and O–H groups in total. The predicted molar refractivity (Wildman–Crippen MR) is 68.0 cm³/mol. The van der Waals surface area contributed by atoms with Crippen LogP contribution in [0.25, 0.3) is 0 Å². The minimum absolute atomic E-state index is 0.0242. The number of carbonyl (C=O) groups excluding carboxylic acids is 1. The van der Waals surface area contributed by atoms with Crippen molar-refractivity contribution in [2.45, 2.75) is 18.9 Å². The molecule has 2 rings (SSSR count). The Bertz CT molecular complexity index is 546. The number of hydrogen-bond acceptors (Lipinski definition) is 2. The normalized spacial score (nSPS) is 15.9. The van der Waals surface area contributed by atoms with Crippen molar-refractivity contribution >= 4 is 35.1 Å². The first kappa shape index (κ1) is 14.1. The van der Waals surface area contributed by atoms with Crippen molar-refractivity contribution in [1.29, 1.82) is 0 Å². The summed E-state index contributed by atoms with van der Waals surface area (Å²) < 4.78 is 13.3. The number of aliphatic carboxylic acids is 1. The minimum Gasteiger partial charge on any atom is -0.480 e. The van der Waals surface area contributed by atoms with Gasteiger partial charge in [-0.15, -0.1) is 0 Å². The first-order valence-corrected chi connectivity index (χ1v) is 6.34. The summed E-state index contributed by atoms with van der Waals surface area (Å²) in [5, 5.41) is 11.1. The zero-order chi connectivity index (χ0) is 14.2. The standard InChI is InChI=1S/C12H10Cl2FNO3/c13-7-4-8(14)9(15)3-6(7)11(17)16-10(12(18)19)5-1-2-5/h3-5,10H,1-2H2,(H,16,17)(H,18,19). The van der Waals surface area contributed by atoms with E-state index in [1.54, 1.807) is 0 Å². The Morgan fingerprint density at radius 2 is 1.95 bits per heavy atom. The third-order valence-electron chi connectivity index (χ3n) is 2.90. The minimum atomic E-state index is -1.11. The monoisotopic (exact) mass is 305 g/mol. The molecule has 1 amide bonds. The molecule has 19 heavy (non-hydrogen) atoms. The van der Waals surface area contributed by atoms with Crippen LogP contribution in [0.4, 0.5) is 4.39 Å². The molecule has 0 heterocycles. The zero-order valence-electron chi connectivity index (χ0n) is 9.62. The highest BCUT2D eigenvalue weighted by atomic mass is 35.5. The summed E-state index contributed by atoms with van der Waals surface area (Å²) in [6, 6.07) is 1.04. The summed E-state index contributed by atoms with van der Waals surface area (Å²) in [7, 11) is 0. The average Bonchev–Trinajstić information content (AvgIpc) is 3.14. The Balaban J connectivity index is 2.19. The van der Waals surface area contributed by atoms with Crippen LogP contribution in [0.15, 0.2) is 12.1 Å². The molecule has 102 valence electrons. The molecule has 7 heteroatoms. The van der Waals surface area contributed by atoms with E-state index in [-0.39, 0.29) is 21.5 Å². The lowest BCUT2D eigenvalue weighted by molar-refractivity contribution is -0.139. The van der Waals surface area contributed by atoms with Gasteiger partial charge in [-0.25, -0.2) is 9.18 Å². The van der Waals surface area contributed by atoms with Gasteiger partial charge in [-0.3, -0.25) is 4.79 Å². The van der Waals surface area contributed by atoms with E-state index >= 15 is 0 Å². The lowest BCUT2D eigenvalue weighted by atomic mass is 10.1. The summed E-state index contributed by atoms with van der Waals surface area (Å²) in [5.74, 6) is -2.69. The second kappa shape index (κ2) is 5.35. The van der Waals surface area contributed by atoms with Gasteiger partial charge in [0.2, 0.25) is 0 Å². The number of amides is 1. The van der Waals surface area contributed by atoms with Gasteiger partial charge in [-0.2, -0.15) is 0 Å². The molecule has 1 atom stereocenters. The van der Waals surface area contributed by atoms with E-state index in [2.05, 4.69) is 5.32 Å². The second-order valence-electron chi connectivity index (χ2n) is 4.37. The van der Waals surface area contributed by atoms with Gasteiger partial charge >= 0.3 is 5.97 Å². The van der Waals surface area contributed by atoms with E-state index in [1.807, 2.05) is 0 Å². The molecule has 4 nitrogen and oxygen atoms in total. The fraction of sp³-hybridized carbons (Fsp3) is 0.333. The van der Waals surface area contributed by atoms with Gasteiger partial charge < -0.3 is 10.4 Å². The van der Waals surface area contributed by atoms with Crippen molar-refractivity contribution in [1.82, 2.24) is 5.32 Å². The number of rotatable bonds is 4. The van der Waals surface area contributed by atoms with Gasteiger partial charge in [-0.05, 0) is 30.9 Å². The van der Waals surface area contributed by atoms with Crippen LogP contribution in [0.5, 0.6) is 0 Å². The van der Waals surface area contributed by atoms with Crippen LogP contribution < -0.4 is 5.32 Å². The number of benzene rings is 1. The van der Waals surface area contributed by atoms with Gasteiger partial charge in [0.15, 0.2) is 0 Å². The molecule has 0 aliphatic heterocycles. The van der Waals surface area contributed by atoms with Crippen molar-refractivity contribution < 1.29 is 19.1 Å².